The smallest absolute Gasteiger partial charge is 0.0950 e. The van der Waals surface area contributed by atoms with E-state index >= 15 is 0 Å². The van der Waals surface area contributed by atoms with Gasteiger partial charge in [-0.25, -0.2) is 4.98 Å². The van der Waals surface area contributed by atoms with Gasteiger partial charge in [-0.05, 0) is 26.2 Å². The summed E-state index contributed by atoms with van der Waals surface area (Å²) in [5.41, 5.74) is 1.40. The number of imidazole rings is 1. The van der Waals surface area contributed by atoms with Crippen LogP contribution in [0.15, 0.2) is 12.5 Å². The molecule has 1 aromatic rings. The molecule has 0 radical (unpaired) electrons. The monoisotopic (exact) mass is 136 g/mol. The molecule has 54 valence electrons. The Morgan fingerprint density at radius 1 is 1.70 bits per heavy atom. The summed E-state index contributed by atoms with van der Waals surface area (Å²) in [6.45, 7) is 2.25. The first-order valence-electron chi connectivity index (χ1n) is 3.88. The van der Waals surface area contributed by atoms with Gasteiger partial charge in [0.2, 0.25) is 0 Å². The summed E-state index contributed by atoms with van der Waals surface area (Å²) in [7, 11) is 0. The highest BCUT2D eigenvalue weighted by atomic mass is 15.1. The van der Waals surface area contributed by atoms with Crippen LogP contribution in [0.2, 0.25) is 0 Å². The Morgan fingerprint density at radius 3 is 3.40 bits per heavy atom. The second-order valence-corrected chi connectivity index (χ2v) is 3.03. The van der Waals surface area contributed by atoms with Gasteiger partial charge >= 0.3 is 0 Å². The number of hydrogen-bond donors (Lipinski definition) is 0. The van der Waals surface area contributed by atoms with Crippen molar-refractivity contribution >= 4 is 0 Å². The first-order chi connectivity index (χ1) is 4.88. The van der Waals surface area contributed by atoms with Gasteiger partial charge in [-0.15, -0.1) is 0 Å². The summed E-state index contributed by atoms with van der Waals surface area (Å²) in [6, 6.07) is 0.672. The average Bonchev–Trinajstić information content (AvgIpc) is 2.36. The van der Waals surface area contributed by atoms with E-state index in [0.29, 0.717) is 6.04 Å². The Hall–Kier alpha value is -0.790. The highest BCUT2D eigenvalue weighted by Gasteiger charge is 2.13. The predicted molar refractivity (Wildman–Crippen MR) is 39.9 cm³/mol. The van der Waals surface area contributed by atoms with Gasteiger partial charge in [-0.1, -0.05) is 0 Å². The van der Waals surface area contributed by atoms with Gasteiger partial charge in [0.05, 0.1) is 6.33 Å². The van der Waals surface area contributed by atoms with Crippen molar-refractivity contribution in [3.8, 4) is 0 Å². The summed E-state index contributed by atoms with van der Waals surface area (Å²) in [5.74, 6) is 0. The van der Waals surface area contributed by atoms with Crippen LogP contribution in [0.3, 0.4) is 0 Å². The fraction of sp³-hybridized carbons (Fsp3) is 0.625. The molecule has 0 spiro atoms. The van der Waals surface area contributed by atoms with E-state index in [4.69, 9.17) is 0 Å². The van der Waals surface area contributed by atoms with Crippen LogP contribution in [0.25, 0.3) is 0 Å². The summed E-state index contributed by atoms with van der Waals surface area (Å²) >= 11 is 0. The third-order valence-electron chi connectivity index (χ3n) is 2.28. The maximum absolute atomic E-state index is 4.12. The number of aryl methyl sites for hydroxylation is 1. The van der Waals surface area contributed by atoms with Gasteiger partial charge in [0, 0.05) is 17.9 Å². The van der Waals surface area contributed by atoms with Gasteiger partial charge in [0.15, 0.2) is 0 Å². The molecule has 0 amide bonds. The topological polar surface area (TPSA) is 17.8 Å². The standard InChI is InChI=1S/C8H12N2/c1-7-3-2-4-8-5-9-6-10(7)8/h5-7H,2-4H2,1H3. The van der Waals surface area contributed by atoms with E-state index < -0.39 is 0 Å². The van der Waals surface area contributed by atoms with Crippen molar-refractivity contribution < 1.29 is 0 Å². The zero-order chi connectivity index (χ0) is 6.97. The summed E-state index contributed by atoms with van der Waals surface area (Å²) < 4.78 is 2.28. The lowest BCUT2D eigenvalue weighted by molar-refractivity contribution is 0.432. The Labute approximate surface area is 60.9 Å². The van der Waals surface area contributed by atoms with Crippen molar-refractivity contribution in [2.45, 2.75) is 32.2 Å². The zero-order valence-corrected chi connectivity index (χ0v) is 6.25. The van der Waals surface area contributed by atoms with Gasteiger partial charge in [-0.3, -0.25) is 0 Å². The molecule has 10 heavy (non-hydrogen) atoms. The zero-order valence-electron chi connectivity index (χ0n) is 6.25. The first-order valence-corrected chi connectivity index (χ1v) is 3.88. The molecule has 0 aliphatic carbocycles. The van der Waals surface area contributed by atoms with E-state index in [1.54, 1.807) is 0 Å². The van der Waals surface area contributed by atoms with Crippen LogP contribution in [-0.2, 0) is 6.42 Å². The Balaban J connectivity index is 2.41. The molecule has 2 heterocycles. The normalized spacial score (nSPS) is 24.3. The third kappa shape index (κ3) is 0.753. The number of fused-ring (bicyclic) bond motifs is 1. The van der Waals surface area contributed by atoms with E-state index in [0.717, 1.165) is 0 Å². The van der Waals surface area contributed by atoms with Crippen molar-refractivity contribution in [2.75, 3.05) is 0 Å². The predicted octanol–water partition coefficient (Wildman–Crippen LogP) is 1.78. The maximum Gasteiger partial charge on any atom is 0.0950 e. The molecule has 0 saturated heterocycles. The highest BCUT2D eigenvalue weighted by Crippen LogP contribution is 2.22. The number of aromatic nitrogens is 2. The molecule has 1 atom stereocenters. The van der Waals surface area contributed by atoms with E-state index in [2.05, 4.69) is 16.5 Å². The molecule has 2 nitrogen and oxygen atoms in total. The Kier molecular flexibility index (Phi) is 1.26. The maximum atomic E-state index is 4.12. The average molecular weight is 136 g/mol. The lowest BCUT2D eigenvalue weighted by Crippen LogP contribution is -2.13. The molecule has 1 aromatic heterocycles. The van der Waals surface area contributed by atoms with Gasteiger partial charge in [-0.2, -0.15) is 0 Å². The fourth-order valence-electron chi connectivity index (χ4n) is 1.64. The van der Waals surface area contributed by atoms with Gasteiger partial charge < -0.3 is 4.57 Å². The molecule has 0 aromatic carbocycles. The fourth-order valence-corrected chi connectivity index (χ4v) is 1.64. The van der Waals surface area contributed by atoms with E-state index in [9.17, 15) is 0 Å². The summed E-state index contributed by atoms with van der Waals surface area (Å²) in [5, 5.41) is 0. The van der Waals surface area contributed by atoms with Gasteiger partial charge in [0.25, 0.3) is 0 Å². The number of rotatable bonds is 0. The molecule has 0 saturated carbocycles. The van der Waals surface area contributed by atoms with Crippen molar-refractivity contribution in [3.63, 3.8) is 0 Å². The van der Waals surface area contributed by atoms with Crippen molar-refractivity contribution in [2.24, 2.45) is 0 Å². The lowest BCUT2D eigenvalue weighted by atomic mass is 10.1. The Morgan fingerprint density at radius 2 is 2.60 bits per heavy atom. The van der Waals surface area contributed by atoms with Crippen LogP contribution in [0.5, 0.6) is 0 Å². The van der Waals surface area contributed by atoms with E-state index in [1.807, 2.05) is 12.5 Å². The van der Waals surface area contributed by atoms with Crippen LogP contribution in [0, 0.1) is 0 Å². The van der Waals surface area contributed by atoms with Crippen LogP contribution in [-0.4, -0.2) is 9.55 Å². The number of nitrogens with zero attached hydrogens (tertiary/aromatic N) is 2. The first kappa shape index (κ1) is 5.96. The van der Waals surface area contributed by atoms with Gasteiger partial charge in [0.1, 0.15) is 0 Å². The molecule has 1 unspecified atom stereocenters. The minimum Gasteiger partial charge on any atom is -0.332 e. The largest absolute Gasteiger partial charge is 0.332 e. The lowest BCUT2D eigenvalue weighted by Gasteiger charge is -2.21. The molecule has 0 fully saturated rings. The van der Waals surface area contributed by atoms with Crippen molar-refractivity contribution in [3.05, 3.63) is 18.2 Å². The highest BCUT2D eigenvalue weighted by molar-refractivity contribution is 5.02. The number of hydrogen-bond acceptors (Lipinski definition) is 1. The molecule has 0 N–H and O–H groups in total. The summed E-state index contributed by atoms with van der Waals surface area (Å²) in [4.78, 5) is 4.12. The quantitative estimate of drug-likeness (QED) is 0.531. The van der Waals surface area contributed by atoms with E-state index in [-0.39, 0.29) is 0 Å². The third-order valence-corrected chi connectivity index (χ3v) is 2.28. The molecule has 1 aliphatic rings. The molecular weight excluding hydrogens is 124 g/mol. The SMILES string of the molecule is CC1CCCc2cncn21. The van der Waals surface area contributed by atoms with Crippen LogP contribution >= 0.6 is 0 Å². The van der Waals surface area contributed by atoms with Crippen LogP contribution in [0.1, 0.15) is 31.5 Å². The van der Waals surface area contributed by atoms with Crippen molar-refractivity contribution in [1.29, 1.82) is 0 Å². The summed E-state index contributed by atoms with van der Waals surface area (Å²) in [6.07, 6.45) is 7.77. The molecule has 0 bridgehead atoms. The van der Waals surface area contributed by atoms with Crippen LogP contribution in [0.4, 0.5) is 0 Å². The second-order valence-electron chi connectivity index (χ2n) is 3.03. The molecule has 2 heteroatoms. The Bertz CT molecular complexity index is 227. The molecule has 2 rings (SSSR count). The molecular formula is C8H12N2. The minimum absolute atomic E-state index is 0.672. The minimum atomic E-state index is 0.672. The van der Waals surface area contributed by atoms with Crippen LogP contribution < -0.4 is 0 Å². The molecule has 1 aliphatic heterocycles. The van der Waals surface area contributed by atoms with E-state index in [1.165, 1.54) is 25.0 Å². The van der Waals surface area contributed by atoms with Crippen molar-refractivity contribution in [1.82, 2.24) is 9.55 Å². The second kappa shape index (κ2) is 2.11.